The summed E-state index contributed by atoms with van der Waals surface area (Å²) in [7, 11) is -0.0686. The molecule has 0 aliphatic heterocycles. The number of hydrogen-bond acceptors (Lipinski definition) is 5. The summed E-state index contributed by atoms with van der Waals surface area (Å²) in [5.74, 6) is 0.979. The predicted molar refractivity (Wildman–Crippen MR) is 141 cm³/mol. The highest BCUT2D eigenvalue weighted by Crippen LogP contribution is 2.43. The first-order chi connectivity index (χ1) is 15.7. The van der Waals surface area contributed by atoms with E-state index in [1.807, 2.05) is 18.2 Å². The number of rotatable bonds is 5. The van der Waals surface area contributed by atoms with Gasteiger partial charge in [0.05, 0.1) is 16.7 Å². The summed E-state index contributed by atoms with van der Waals surface area (Å²) in [5, 5.41) is 8.79. The summed E-state index contributed by atoms with van der Waals surface area (Å²) in [6.07, 6.45) is 3.52. The zero-order valence-corrected chi connectivity index (χ0v) is 23.2. The fraction of sp³-hybridized carbons (Fsp3) is 0.615. The summed E-state index contributed by atoms with van der Waals surface area (Å²) in [6.45, 7) is 18.0. The minimum absolute atomic E-state index is 0.181. The van der Waals surface area contributed by atoms with Crippen LogP contribution in [0.5, 0.6) is 0 Å². The molecule has 1 fully saturated rings. The summed E-state index contributed by atoms with van der Waals surface area (Å²) in [4.78, 5) is 11.9. The molecule has 0 radical (unpaired) electrons. The molecule has 1 aromatic carbocycles. The van der Waals surface area contributed by atoms with E-state index in [9.17, 15) is 4.79 Å². The number of nitrogens with one attached hydrogen (secondary N) is 1. The smallest absolute Gasteiger partial charge is 0.414 e. The maximum atomic E-state index is 11.9. The van der Waals surface area contributed by atoms with Gasteiger partial charge in [0.25, 0.3) is 0 Å². The Kier molecular flexibility index (Phi) is 6.13. The van der Waals surface area contributed by atoms with E-state index in [-0.39, 0.29) is 16.3 Å². The number of nitrogens with zero attached hydrogens (tertiary/aromatic N) is 3. The lowest BCUT2D eigenvalue weighted by molar-refractivity contribution is 0.186. The van der Waals surface area contributed by atoms with Gasteiger partial charge in [0.1, 0.15) is 5.82 Å². The number of aryl methyl sites for hydroxylation is 1. The van der Waals surface area contributed by atoms with E-state index < -0.39 is 8.32 Å². The normalized spacial score (nSPS) is 19.8. The van der Waals surface area contributed by atoms with E-state index in [4.69, 9.17) is 13.9 Å². The van der Waals surface area contributed by atoms with Gasteiger partial charge in [-0.1, -0.05) is 20.8 Å². The lowest BCUT2D eigenvalue weighted by atomic mass is 10.0. The predicted octanol–water partition coefficient (Wildman–Crippen LogP) is 6.48. The molecule has 1 aliphatic rings. The number of oxazole rings is 1. The first-order valence-corrected chi connectivity index (χ1v) is 15.2. The molecule has 7 nitrogen and oxygen atoms in total. The zero-order chi connectivity index (χ0) is 25.1. The first kappa shape index (κ1) is 24.8. The molecule has 0 unspecified atom stereocenters. The van der Waals surface area contributed by atoms with E-state index in [2.05, 4.69) is 70.7 Å². The molecule has 186 valence electrons. The van der Waals surface area contributed by atoms with Crippen LogP contribution < -0.4 is 11.1 Å². The average Bonchev–Trinajstić information content (AvgIpc) is 3.39. The third-order valence-corrected chi connectivity index (χ3v) is 12.0. The van der Waals surface area contributed by atoms with Crippen molar-refractivity contribution in [1.29, 1.82) is 0 Å². The molecule has 1 saturated carbocycles. The molecule has 0 saturated heterocycles. The number of benzene rings is 1. The molecule has 1 aliphatic carbocycles. The Morgan fingerprint density at radius 2 is 1.82 bits per heavy atom. The molecule has 2 aromatic heterocycles. The van der Waals surface area contributed by atoms with Gasteiger partial charge in [-0.05, 0) is 70.3 Å². The van der Waals surface area contributed by atoms with Crippen LogP contribution in [0.15, 0.2) is 33.5 Å². The summed E-state index contributed by atoms with van der Waals surface area (Å²) < 4.78 is 15.7. The van der Waals surface area contributed by atoms with Gasteiger partial charge in [-0.15, -0.1) is 0 Å². The largest absolute Gasteiger partial charge is 0.419 e. The molecule has 1 N–H and O–H groups in total. The van der Waals surface area contributed by atoms with Crippen molar-refractivity contribution in [2.75, 3.05) is 5.32 Å². The van der Waals surface area contributed by atoms with E-state index >= 15 is 0 Å². The maximum Gasteiger partial charge on any atom is 0.419 e. The molecule has 2 atom stereocenters. The molecular weight excluding hydrogens is 444 g/mol. The molecule has 2 heterocycles. The van der Waals surface area contributed by atoms with Gasteiger partial charge < -0.3 is 14.2 Å². The van der Waals surface area contributed by atoms with E-state index in [1.54, 1.807) is 7.05 Å². The van der Waals surface area contributed by atoms with Crippen LogP contribution in [0.4, 0.5) is 11.5 Å². The Bertz CT molecular complexity index is 1240. The Balaban J connectivity index is 1.57. The Hall–Kier alpha value is -2.32. The highest BCUT2D eigenvalue weighted by atomic mass is 28.4. The molecule has 0 spiro atoms. The fourth-order valence-electron chi connectivity index (χ4n) is 4.47. The van der Waals surface area contributed by atoms with Crippen molar-refractivity contribution in [2.24, 2.45) is 7.05 Å². The van der Waals surface area contributed by atoms with E-state index in [0.717, 1.165) is 42.0 Å². The second-order valence-corrected chi connectivity index (χ2v) is 17.0. The first-order valence-electron chi connectivity index (χ1n) is 12.3. The molecule has 8 heteroatoms. The van der Waals surface area contributed by atoms with Crippen LogP contribution in [0, 0.1) is 0 Å². The monoisotopic (exact) mass is 484 g/mol. The lowest BCUT2D eigenvalue weighted by Crippen LogP contribution is -2.43. The second kappa shape index (κ2) is 8.41. The molecular formula is C26H40N4O3Si. The quantitative estimate of drug-likeness (QED) is 0.419. The van der Waals surface area contributed by atoms with Crippen molar-refractivity contribution in [3.05, 3.63) is 40.5 Å². The second-order valence-electron chi connectivity index (χ2n) is 12.3. The molecule has 0 amide bonds. The van der Waals surface area contributed by atoms with Crippen molar-refractivity contribution >= 4 is 30.9 Å². The minimum Gasteiger partial charge on any atom is -0.414 e. The topological polar surface area (TPSA) is 74.2 Å². The molecule has 4 rings (SSSR count). The van der Waals surface area contributed by atoms with Crippen LogP contribution in [0.1, 0.15) is 72.4 Å². The van der Waals surface area contributed by atoms with Crippen molar-refractivity contribution < 1.29 is 8.84 Å². The Labute approximate surface area is 203 Å². The highest BCUT2D eigenvalue weighted by Gasteiger charge is 2.41. The van der Waals surface area contributed by atoms with Gasteiger partial charge in [-0.25, -0.2) is 9.48 Å². The molecule has 34 heavy (non-hydrogen) atoms. The van der Waals surface area contributed by atoms with Gasteiger partial charge in [0, 0.05) is 36.9 Å². The van der Waals surface area contributed by atoms with Gasteiger partial charge in [0.2, 0.25) is 0 Å². The van der Waals surface area contributed by atoms with Gasteiger partial charge >= 0.3 is 5.76 Å². The summed E-state index contributed by atoms with van der Waals surface area (Å²) >= 11 is 0. The number of aromatic nitrogens is 3. The minimum atomic E-state index is -1.78. The molecule has 3 aromatic rings. The van der Waals surface area contributed by atoms with Crippen molar-refractivity contribution in [2.45, 2.75) is 96.5 Å². The van der Waals surface area contributed by atoms with Crippen LogP contribution in [-0.4, -0.2) is 28.8 Å². The standard InChI is InChI=1S/C26H40N4O3Si/c1-25(2,3)30-23(27-18-11-13-21-22(15-18)32-24(31)29(21)7)16-20(28-30)17-10-12-19(14-17)33-34(8,9)26(4,5)6/h11,13,15-17,19,27H,10,12,14H2,1-9H3/t17-,19+/m0/s1. The van der Waals surface area contributed by atoms with Crippen molar-refractivity contribution in [3.8, 4) is 0 Å². The number of hydrogen-bond donors (Lipinski definition) is 1. The summed E-state index contributed by atoms with van der Waals surface area (Å²) in [6, 6.07) is 7.92. The van der Waals surface area contributed by atoms with Crippen LogP contribution in [-0.2, 0) is 17.0 Å². The van der Waals surface area contributed by atoms with Gasteiger partial charge in [0.15, 0.2) is 13.9 Å². The summed E-state index contributed by atoms with van der Waals surface area (Å²) in [5.41, 5.74) is 3.15. The van der Waals surface area contributed by atoms with Gasteiger partial charge in [-0.3, -0.25) is 4.57 Å². The highest BCUT2D eigenvalue weighted by molar-refractivity contribution is 6.74. The van der Waals surface area contributed by atoms with Crippen molar-refractivity contribution in [1.82, 2.24) is 14.3 Å². The number of anilines is 2. The van der Waals surface area contributed by atoms with Crippen molar-refractivity contribution in [3.63, 3.8) is 0 Å². The average molecular weight is 485 g/mol. The van der Waals surface area contributed by atoms with Crippen LogP contribution >= 0.6 is 0 Å². The SMILES string of the molecule is Cn1c(=O)oc2cc(Nc3cc([C@H]4CC[C@@H](O[Si](C)(C)C(C)(C)C)C4)nn3C(C)(C)C)ccc21. The fourth-order valence-corrected chi connectivity index (χ4v) is 5.87. The zero-order valence-electron chi connectivity index (χ0n) is 22.2. The van der Waals surface area contributed by atoms with Crippen LogP contribution in [0.2, 0.25) is 18.1 Å². The lowest BCUT2D eigenvalue weighted by Gasteiger charge is -2.38. The molecule has 0 bridgehead atoms. The van der Waals surface area contributed by atoms with Crippen LogP contribution in [0.3, 0.4) is 0 Å². The van der Waals surface area contributed by atoms with Crippen LogP contribution in [0.25, 0.3) is 11.1 Å². The van der Waals surface area contributed by atoms with Gasteiger partial charge in [-0.2, -0.15) is 5.10 Å². The maximum absolute atomic E-state index is 11.9. The third kappa shape index (κ3) is 4.75. The Morgan fingerprint density at radius 1 is 1.12 bits per heavy atom. The van der Waals surface area contributed by atoms with E-state index in [0.29, 0.717) is 17.6 Å². The number of fused-ring (bicyclic) bond motifs is 1. The Morgan fingerprint density at radius 3 is 2.47 bits per heavy atom. The van der Waals surface area contributed by atoms with E-state index in [1.165, 1.54) is 4.57 Å². The third-order valence-electron chi connectivity index (χ3n) is 7.50.